The summed E-state index contributed by atoms with van der Waals surface area (Å²) in [6, 6.07) is 0. The molecule has 0 spiro atoms. The smallest absolute Gasteiger partial charge is 0.309 e. The minimum atomic E-state index is -0.0418. The van der Waals surface area contributed by atoms with E-state index in [1.165, 1.54) is 19.3 Å². The van der Waals surface area contributed by atoms with Crippen LogP contribution in [0.1, 0.15) is 26.2 Å². The maximum absolute atomic E-state index is 11.0. The van der Waals surface area contributed by atoms with E-state index < -0.39 is 0 Å². The second-order valence-electron chi connectivity index (χ2n) is 3.15. The molecule has 0 aromatic rings. The Balaban J connectivity index is 2.14. The van der Waals surface area contributed by atoms with Crippen LogP contribution in [0.5, 0.6) is 0 Å². The summed E-state index contributed by atoms with van der Waals surface area (Å²) in [6.07, 6.45) is 8.81. The number of rotatable bonds is 4. The van der Waals surface area contributed by atoms with Crippen LogP contribution in [0.2, 0.25) is 0 Å². The van der Waals surface area contributed by atoms with Crippen LogP contribution < -0.4 is 0 Å². The summed E-state index contributed by atoms with van der Waals surface area (Å²) >= 11 is 0. The zero-order valence-corrected chi connectivity index (χ0v) is 9.08. The average Bonchev–Trinajstić information content (AvgIpc) is 2.17. The van der Waals surface area contributed by atoms with Crippen LogP contribution in [0.25, 0.3) is 0 Å². The van der Waals surface area contributed by atoms with Gasteiger partial charge < -0.3 is 4.74 Å². The van der Waals surface area contributed by atoms with Gasteiger partial charge in [0, 0.05) is 0 Å². The molecule has 2 atom stereocenters. The highest BCUT2D eigenvalue weighted by Gasteiger charge is 2.10. The number of ether oxygens (including phenoxy) is 1. The summed E-state index contributed by atoms with van der Waals surface area (Å²) in [6.45, 7) is 2.35. The number of hydrogen-bond acceptors (Lipinski definition) is 2. The Labute approximate surface area is 81.5 Å². The molecule has 0 fully saturated rings. The molecule has 3 heteroatoms. The van der Waals surface area contributed by atoms with Crippen molar-refractivity contribution in [2.75, 3.05) is 12.8 Å². The highest BCUT2D eigenvalue weighted by Crippen LogP contribution is 2.28. The van der Waals surface area contributed by atoms with E-state index in [-0.39, 0.29) is 5.97 Å². The molecule has 0 saturated carbocycles. The number of carbonyl (C=O) groups is 1. The first-order chi connectivity index (χ1) is 6.33. The zero-order valence-electron chi connectivity index (χ0n) is 8.08. The Morgan fingerprint density at radius 3 is 3.15 bits per heavy atom. The van der Waals surface area contributed by atoms with Crippen LogP contribution in [-0.2, 0) is 9.53 Å². The summed E-state index contributed by atoms with van der Waals surface area (Å²) in [5.74, 6) is -0.0418. The lowest BCUT2D eigenvalue weighted by Crippen LogP contribution is -2.09. The molecule has 0 heterocycles. The predicted molar refractivity (Wildman–Crippen MR) is 56.6 cm³/mol. The van der Waals surface area contributed by atoms with E-state index in [2.05, 4.69) is 12.2 Å². The number of hydrogen-bond donors (Lipinski definition) is 0. The third-order valence-electron chi connectivity index (χ3n) is 2.07. The summed E-state index contributed by atoms with van der Waals surface area (Å²) < 4.78 is 4.88. The van der Waals surface area contributed by atoms with E-state index in [1.54, 1.807) is 0 Å². The van der Waals surface area contributed by atoms with Crippen LogP contribution in [0.15, 0.2) is 12.2 Å². The van der Waals surface area contributed by atoms with Gasteiger partial charge in [0.2, 0.25) is 0 Å². The van der Waals surface area contributed by atoms with Gasteiger partial charge in [-0.2, -0.15) is 0 Å². The molecule has 0 aliphatic heterocycles. The number of esters is 1. The van der Waals surface area contributed by atoms with Gasteiger partial charge in [-0.15, -0.1) is 8.58 Å². The quantitative estimate of drug-likeness (QED) is 0.395. The molecule has 2 nitrogen and oxygen atoms in total. The largest absolute Gasteiger partial charge is 0.466 e. The van der Waals surface area contributed by atoms with Crippen LogP contribution in [0.4, 0.5) is 0 Å². The molecule has 0 saturated heterocycles. The lowest BCUT2D eigenvalue weighted by atomic mass is 10.1. The topological polar surface area (TPSA) is 26.3 Å². The van der Waals surface area contributed by atoms with Gasteiger partial charge in [-0.3, -0.25) is 4.79 Å². The molecule has 2 unspecified atom stereocenters. The molecule has 0 radical (unpaired) electrons. The maximum atomic E-state index is 11.0. The Morgan fingerprint density at radius 1 is 1.69 bits per heavy atom. The standard InChI is InChI=1S/C10H17O2P/c1-2-12-10(11)8-13-9-6-4-3-5-7-9/h4,6,9,13H,2-3,5,7-8H2,1H3. The molecular weight excluding hydrogens is 183 g/mol. The molecule has 0 aromatic heterocycles. The lowest BCUT2D eigenvalue weighted by molar-refractivity contribution is -0.139. The molecule has 1 aliphatic carbocycles. The van der Waals surface area contributed by atoms with Crippen LogP contribution in [0, 0.1) is 0 Å². The van der Waals surface area contributed by atoms with Crippen molar-refractivity contribution in [1.29, 1.82) is 0 Å². The summed E-state index contributed by atoms with van der Waals surface area (Å²) in [5, 5.41) is 0. The van der Waals surface area contributed by atoms with E-state index in [9.17, 15) is 4.79 Å². The highest BCUT2D eigenvalue weighted by molar-refractivity contribution is 7.40. The Morgan fingerprint density at radius 2 is 2.54 bits per heavy atom. The van der Waals surface area contributed by atoms with Crippen molar-refractivity contribution >= 4 is 14.6 Å². The summed E-state index contributed by atoms with van der Waals surface area (Å²) in [7, 11) is 0.710. The fourth-order valence-electron chi connectivity index (χ4n) is 1.41. The van der Waals surface area contributed by atoms with Gasteiger partial charge in [-0.25, -0.2) is 0 Å². The predicted octanol–water partition coefficient (Wildman–Crippen LogP) is 2.34. The van der Waals surface area contributed by atoms with Crippen molar-refractivity contribution in [1.82, 2.24) is 0 Å². The monoisotopic (exact) mass is 200 g/mol. The van der Waals surface area contributed by atoms with Crippen molar-refractivity contribution in [3.05, 3.63) is 12.2 Å². The molecule has 74 valence electrons. The Bertz CT molecular complexity index is 189. The summed E-state index contributed by atoms with van der Waals surface area (Å²) in [4.78, 5) is 11.0. The maximum Gasteiger partial charge on any atom is 0.309 e. The van der Waals surface area contributed by atoms with E-state index in [0.717, 1.165) is 0 Å². The van der Waals surface area contributed by atoms with Gasteiger partial charge >= 0.3 is 5.97 Å². The molecule has 13 heavy (non-hydrogen) atoms. The first kappa shape index (κ1) is 10.7. The molecule has 1 aliphatic rings. The van der Waals surface area contributed by atoms with Crippen molar-refractivity contribution in [2.24, 2.45) is 0 Å². The molecule has 0 amide bonds. The van der Waals surface area contributed by atoms with E-state index in [4.69, 9.17) is 4.74 Å². The average molecular weight is 200 g/mol. The van der Waals surface area contributed by atoms with E-state index in [1.807, 2.05) is 6.92 Å². The van der Waals surface area contributed by atoms with Crippen molar-refractivity contribution in [3.8, 4) is 0 Å². The second-order valence-corrected chi connectivity index (χ2v) is 4.65. The van der Waals surface area contributed by atoms with E-state index in [0.29, 0.717) is 27.0 Å². The van der Waals surface area contributed by atoms with Gasteiger partial charge in [0.25, 0.3) is 0 Å². The number of allylic oxidation sites excluding steroid dienone is 2. The zero-order chi connectivity index (χ0) is 9.52. The van der Waals surface area contributed by atoms with Gasteiger partial charge in [0.05, 0.1) is 12.8 Å². The van der Waals surface area contributed by atoms with Crippen molar-refractivity contribution < 1.29 is 9.53 Å². The van der Waals surface area contributed by atoms with Crippen LogP contribution in [0.3, 0.4) is 0 Å². The third kappa shape index (κ3) is 4.42. The third-order valence-corrected chi connectivity index (χ3v) is 3.57. The molecule has 0 aromatic carbocycles. The SMILES string of the molecule is CCOC(=O)CPC1C=CCCC1. The first-order valence-electron chi connectivity index (χ1n) is 4.88. The van der Waals surface area contributed by atoms with Crippen molar-refractivity contribution in [3.63, 3.8) is 0 Å². The second kappa shape index (κ2) is 6.15. The minimum Gasteiger partial charge on any atom is -0.466 e. The number of carbonyl (C=O) groups excluding carboxylic acids is 1. The molecule has 1 rings (SSSR count). The summed E-state index contributed by atoms with van der Waals surface area (Å²) in [5.41, 5.74) is 0.637. The molecular formula is C10H17O2P. The van der Waals surface area contributed by atoms with Gasteiger partial charge in [0.1, 0.15) is 0 Å². The van der Waals surface area contributed by atoms with Gasteiger partial charge in [0.15, 0.2) is 0 Å². The van der Waals surface area contributed by atoms with Crippen molar-refractivity contribution in [2.45, 2.75) is 31.8 Å². The Kier molecular flexibility index (Phi) is 5.07. The van der Waals surface area contributed by atoms with Gasteiger partial charge in [-0.1, -0.05) is 12.2 Å². The minimum absolute atomic E-state index is 0.0418. The Hall–Kier alpha value is -0.360. The van der Waals surface area contributed by atoms with E-state index >= 15 is 0 Å². The highest BCUT2D eigenvalue weighted by atomic mass is 31.1. The van der Waals surface area contributed by atoms with Gasteiger partial charge in [-0.05, 0) is 31.8 Å². The normalized spacial score (nSPS) is 22.4. The fraction of sp³-hybridized carbons (Fsp3) is 0.700. The van der Waals surface area contributed by atoms with Crippen LogP contribution in [-0.4, -0.2) is 24.4 Å². The van der Waals surface area contributed by atoms with Crippen LogP contribution >= 0.6 is 8.58 Å². The lowest BCUT2D eigenvalue weighted by Gasteiger charge is -2.15. The molecule has 0 bridgehead atoms. The first-order valence-corrected chi connectivity index (χ1v) is 6.17. The molecule has 0 N–H and O–H groups in total. The fourth-order valence-corrected chi connectivity index (χ4v) is 2.62.